The van der Waals surface area contributed by atoms with E-state index in [1.165, 1.54) is 6.07 Å². The molecule has 0 aliphatic rings. The Kier molecular flexibility index (Phi) is 4.47. The summed E-state index contributed by atoms with van der Waals surface area (Å²) in [5.41, 5.74) is 0.109. The first-order valence-electron chi connectivity index (χ1n) is 5.24. The summed E-state index contributed by atoms with van der Waals surface area (Å²) in [6, 6.07) is 4.60. The van der Waals surface area contributed by atoms with E-state index in [1.54, 1.807) is 17.0 Å². The van der Waals surface area contributed by atoms with Crippen LogP contribution >= 0.6 is 15.9 Å². The third-order valence-electron chi connectivity index (χ3n) is 2.40. The van der Waals surface area contributed by atoms with E-state index in [4.69, 9.17) is 0 Å². The van der Waals surface area contributed by atoms with Crippen LogP contribution in [0.5, 0.6) is 0 Å². The van der Waals surface area contributed by atoms with Crippen molar-refractivity contribution in [1.29, 1.82) is 0 Å². The van der Waals surface area contributed by atoms with Crippen molar-refractivity contribution in [3.63, 3.8) is 0 Å². The van der Waals surface area contributed by atoms with Gasteiger partial charge in [0.1, 0.15) is 5.82 Å². The Bertz CT molecular complexity index is 372. The molecule has 4 heteroatoms. The van der Waals surface area contributed by atoms with Crippen LogP contribution in [0.15, 0.2) is 22.7 Å². The van der Waals surface area contributed by atoms with Crippen LogP contribution in [-0.2, 0) is 0 Å². The van der Waals surface area contributed by atoms with E-state index in [9.17, 15) is 9.18 Å². The maximum Gasteiger partial charge on any atom is 0.258 e. The second-order valence-corrected chi connectivity index (χ2v) is 4.64. The molecule has 16 heavy (non-hydrogen) atoms. The number of amides is 1. The molecule has 0 N–H and O–H groups in total. The lowest BCUT2D eigenvalue weighted by Gasteiger charge is -2.25. The molecule has 0 spiro atoms. The molecule has 1 amide bonds. The number of rotatable bonds is 3. The SMILES string of the molecule is CCN(C(=O)c1c(F)cccc1Br)C(C)C. The number of hydrogen-bond donors (Lipinski definition) is 0. The lowest BCUT2D eigenvalue weighted by molar-refractivity contribution is 0.0711. The van der Waals surface area contributed by atoms with Gasteiger partial charge in [-0.25, -0.2) is 4.39 Å². The fourth-order valence-corrected chi connectivity index (χ4v) is 2.10. The summed E-state index contributed by atoms with van der Waals surface area (Å²) in [5.74, 6) is -0.763. The number of carbonyl (C=O) groups is 1. The predicted octanol–water partition coefficient (Wildman–Crippen LogP) is 3.46. The molecule has 1 aromatic rings. The van der Waals surface area contributed by atoms with Gasteiger partial charge in [-0.15, -0.1) is 0 Å². The first-order valence-corrected chi connectivity index (χ1v) is 6.03. The second kappa shape index (κ2) is 5.43. The summed E-state index contributed by atoms with van der Waals surface area (Å²) in [6.45, 7) is 6.27. The van der Waals surface area contributed by atoms with Crippen LogP contribution in [0.1, 0.15) is 31.1 Å². The summed E-state index contributed by atoms with van der Waals surface area (Å²) < 4.78 is 14.1. The van der Waals surface area contributed by atoms with Crippen molar-refractivity contribution in [3.8, 4) is 0 Å². The molecular formula is C12H15BrFNO. The van der Waals surface area contributed by atoms with Gasteiger partial charge in [0.05, 0.1) is 5.56 Å². The molecule has 0 fully saturated rings. The van der Waals surface area contributed by atoms with Crippen molar-refractivity contribution in [2.45, 2.75) is 26.8 Å². The molecule has 2 nitrogen and oxygen atoms in total. The first kappa shape index (κ1) is 13.2. The van der Waals surface area contributed by atoms with Crippen molar-refractivity contribution in [2.24, 2.45) is 0 Å². The topological polar surface area (TPSA) is 20.3 Å². The third-order valence-corrected chi connectivity index (χ3v) is 3.06. The largest absolute Gasteiger partial charge is 0.336 e. The average molecular weight is 288 g/mol. The fourth-order valence-electron chi connectivity index (χ4n) is 1.59. The van der Waals surface area contributed by atoms with Crippen molar-refractivity contribution in [3.05, 3.63) is 34.1 Å². The van der Waals surface area contributed by atoms with Gasteiger partial charge in [0.15, 0.2) is 0 Å². The summed E-state index contributed by atoms with van der Waals surface area (Å²) in [6.07, 6.45) is 0. The van der Waals surface area contributed by atoms with Gasteiger partial charge in [-0.05, 0) is 48.8 Å². The number of hydrogen-bond acceptors (Lipinski definition) is 1. The maximum absolute atomic E-state index is 13.6. The van der Waals surface area contributed by atoms with Crippen LogP contribution in [0.3, 0.4) is 0 Å². The van der Waals surface area contributed by atoms with E-state index < -0.39 is 5.82 Å². The van der Waals surface area contributed by atoms with E-state index in [-0.39, 0.29) is 17.5 Å². The van der Waals surface area contributed by atoms with Gasteiger partial charge in [0.25, 0.3) is 5.91 Å². The smallest absolute Gasteiger partial charge is 0.258 e. The summed E-state index contributed by atoms with van der Waals surface area (Å²) in [4.78, 5) is 13.7. The fraction of sp³-hybridized carbons (Fsp3) is 0.417. The molecule has 1 aromatic carbocycles. The van der Waals surface area contributed by atoms with Crippen molar-refractivity contribution in [2.75, 3.05) is 6.54 Å². The van der Waals surface area contributed by atoms with E-state index in [1.807, 2.05) is 20.8 Å². The maximum atomic E-state index is 13.6. The summed E-state index contributed by atoms with van der Waals surface area (Å²) in [7, 11) is 0. The van der Waals surface area contributed by atoms with Crippen molar-refractivity contribution >= 4 is 21.8 Å². The Morgan fingerprint density at radius 1 is 1.50 bits per heavy atom. The highest BCUT2D eigenvalue weighted by molar-refractivity contribution is 9.10. The lowest BCUT2D eigenvalue weighted by atomic mass is 10.1. The minimum atomic E-state index is -0.488. The second-order valence-electron chi connectivity index (χ2n) is 3.78. The highest BCUT2D eigenvalue weighted by atomic mass is 79.9. The lowest BCUT2D eigenvalue weighted by Crippen LogP contribution is -2.37. The van der Waals surface area contributed by atoms with Gasteiger partial charge >= 0.3 is 0 Å². The van der Waals surface area contributed by atoms with Crippen molar-refractivity contribution < 1.29 is 9.18 Å². The molecule has 0 saturated heterocycles. The van der Waals surface area contributed by atoms with Gasteiger partial charge < -0.3 is 4.90 Å². The zero-order valence-corrected chi connectivity index (χ0v) is 11.2. The van der Waals surface area contributed by atoms with Gasteiger partial charge in [0, 0.05) is 17.1 Å². The Labute approximate surface area is 104 Å². The summed E-state index contributed by atoms with van der Waals surface area (Å²) >= 11 is 3.21. The predicted molar refractivity (Wildman–Crippen MR) is 65.9 cm³/mol. The van der Waals surface area contributed by atoms with Crippen LogP contribution in [0.25, 0.3) is 0 Å². The van der Waals surface area contributed by atoms with Crippen LogP contribution in [-0.4, -0.2) is 23.4 Å². The molecule has 88 valence electrons. The zero-order valence-electron chi connectivity index (χ0n) is 9.63. The highest BCUT2D eigenvalue weighted by Gasteiger charge is 2.22. The van der Waals surface area contributed by atoms with Crippen LogP contribution in [0.2, 0.25) is 0 Å². The Hall–Kier alpha value is -0.900. The van der Waals surface area contributed by atoms with Gasteiger partial charge in [0.2, 0.25) is 0 Å². The van der Waals surface area contributed by atoms with E-state index >= 15 is 0 Å². The molecule has 0 saturated carbocycles. The summed E-state index contributed by atoms with van der Waals surface area (Å²) in [5, 5.41) is 0. The average Bonchev–Trinajstić information content (AvgIpc) is 2.17. The normalized spacial score (nSPS) is 10.6. The Morgan fingerprint density at radius 3 is 2.56 bits per heavy atom. The standard InChI is InChI=1S/C12H15BrFNO/c1-4-15(8(2)3)12(16)11-9(13)6-5-7-10(11)14/h5-8H,4H2,1-3H3. The molecular weight excluding hydrogens is 273 g/mol. The van der Waals surface area contributed by atoms with Gasteiger partial charge in [-0.2, -0.15) is 0 Å². The molecule has 0 radical (unpaired) electrons. The quantitative estimate of drug-likeness (QED) is 0.834. The van der Waals surface area contributed by atoms with Gasteiger partial charge in [-0.1, -0.05) is 6.07 Å². The van der Waals surface area contributed by atoms with E-state index in [0.717, 1.165) is 0 Å². The minimum absolute atomic E-state index is 0.0593. The number of halogens is 2. The minimum Gasteiger partial charge on any atom is -0.336 e. The van der Waals surface area contributed by atoms with Crippen molar-refractivity contribution in [1.82, 2.24) is 4.90 Å². The molecule has 0 heterocycles. The first-order chi connectivity index (χ1) is 7.49. The monoisotopic (exact) mass is 287 g/mol. The van der Waals surface area contributed by atoms with E-state index in [2.05, 4.69) is 15.9 Å². The third kappa shape index (κ3) is 2.61. The molecule has 0 atom stereocenters. The number of carbonyl (C=O) groups excluding carboxylic acids is 1. The van der Waals surface area contributed by atoms with Gasteiger partial charge in [-0.3, -0.25) is 4.79 Å². The molecule has 1 rings (SSSR count). The number of benzene rings is 1. The Balaban J connectivity index is 3.13. The molecule has 0 aliphatic carbocycles. The van der Waals surface area contributed by atoms with Crippen LogP contribution < -0.4 is 0 Å². The molecule has 0 unspecified atom stereocenters. The van der Waals surface area contributed by atoms with E-state index in [0.29, 0.717) is 11.0 Å². The number of nitrogens with zero attached hydrogens (tertiary/aromatic N) is 1. The molecule has 0 aliphatic heterocycles. The molecule has 0 bridgehead atoms. The Morgan fingerprint density at radius 2 is 2.12 bits per heavy atom. The zero-order chi connectivity index (χ0) is 12.3. The highest BCUT2D eigenvalue weighted by Crippen LogP contribution is 2.22. The molecule has 0 aromatic heterocycles. The van der Waals surface area contributed by atoms with Crippen LogP contribution in [0.4, 0.5) is 4.39 Å². The van der Waals surface area contributed by atoms with Crippen LogP contribution in [0, 0.1) is 5.82 Å².